The third-order valence-corrected chi connectivity index (χ3v) is 3.55. The standard InChI is InChI=1S/C14H21BrO2/c1-5-13(16-3)11-8-7-10(15)9-12(11)14(6-2)17-4/h7-9,13-14H,5-6H2,1-4H3. The van der Waals surface area contributed by atoms with Gasteiger partial charge in [-0.05, 0) is 36.1 Å². The van der Waals surface area contributed by atoms with Crippen molar-refractivity contribution in [3.05, 3.63) is 33.8 Å². The molecule has 0 aromatic heterocycles. The number of hydrogen-bond acceptors (Lipinski definition) is 2. The molecule has 0 amide bonds. The van der Waals surface area contributed by atoms with E-state index in [0.717, 1.165) is 17.3 Å². The SMILES string of the molecule is CCC(OC)c1ccc(Br)cc1C(CC)OC. The Morgan fingerprint density at radius 1 is 1.00 bits per heavy atom. The molecular weight excluding hydrogens is 280 g/mol. The lowest BCUT2D eigenvalue weighted by atomic mass is 9.95. The van der Waals surface area contributed by atoms with Gasteiger partial charge in [-0.3, -0.25) is 0 Å². The van der Waals surface area contributed by atoms with Crippen LogP contribution in [-0.4, -0.2) is 14.2 Å². The first-order chi connectivity index (χ1) is 8.17. The number of hydrogen-bond donors (Lipinski definition) is 0. The molecule has 0 aliphatic carbocycles. The molecule has 17 heavy (non-hydrogen) atoms. The molecule has 0 radical (unpaired) electrons. The van der Waals surface area contributed by atoms with Crippen LogP contribution < -0.4 is 0 Å². The zero-order valence-corrected chi connectivity index (χ0v) is 12.6. The van der Waals surface area contributed by atoms with E-state index >= 15 is 0 Å². The van der Waals surface area contributed by atoms with E-state index in [-0.39, 0.29) is 12.2 Å². The Balaban J connectivity index is 3.19. The summed E-state index contributed by atoms with van der Waals surface area (Å²) in [6.45, 7) is 4.26. The summed E-state index contributed by atoms with van der Waals surface area (Å²) in [7, 11) is 3.51. The molecule has 0 N–H and O–H groups in total. The molecule has 3 heteroatoms. The molecule has 0 aliphatic rings. The molecule has 0 bridgehead atoms. The fourth-order valence-corrected chi connectivity index (χ4v) is 2.52. The van der Waals surface area contributed by atoms with E-state index in [2.05, 4.69) is 48.0 Å². The zero-order valence-electron chi connectivity index (χ0n) is 11.0. The molecule has 0 saturated carbocycles. The maximum absolute atomic E-state index is 5.54. The lowest BCUT2D eigenvalue weighted by molar-refractivity contribution is 0.0809. The van der Waals surface area contributed by atoms with Crippen molar-refractivity contribution in [3.8, 4) is 0 Å². The Kier molecular flexibility index (Phi) is 6.17. The largest absolute Gasteiger partial charge is 0.377 e. The molecule has 2 nitrogen and oxygen atoms in total. The van der Waals surface area contributed by atoms with Gasteiger partial charge in [-0.1, -0.05) is 35.8 Å². The van der Waals surface area contributed by atoms with Crippen LogP contribution in [0.3, 0.4) is 0 Å². The summed E-state index contributed by atoms with van der Waals surface area (Å²) in [6.07, 6.45) is 2.19. The van der Waals surface area contributed by atoms with Gasteiger partial charge in [-0.2, -0.15) is 0 Å². The Morgan fingerprint density at radius 2 is 1.53 bits per heavy atom. The average Bonchev–Trinajstić information content (AvgIpc) is 2.34. The smallest absolute Gasteiger partial charge is 0.0822 e. The van der Waals surface area contributed by atoms with Crippen LogP contribution in [0.5, 0.6) is 0 Å². The summed E-state index contributed by atoms with van der Waals surface area (Å²) in [5, 5.41) is 0. The van der Waals surface area contributed by atoms with E-state index in [1.54, 1.807) is 14.2 Å². The van der Waals surface area contributed by atoms with Crippen LogP contribution in [0.2, 0.25) is 0 Å². The molecule has 2 atom stereocenters. The normalized spacial score (nSPS) is 14.6. The Morgan fingerprint density at radius 3 is 2.00 bits per heavy atom. The summed E-state index contributed by atoms with van der Waals surface area (Å²) in [4.78, 5) is 0. The van der Waals surface area contributed by atoms with Gasteiger partial charge in [0.2, 0.25) is 0 Å². The third kappa shape index (κ3) is 3.54. The summed E-state index contributed by atoms with van der Waals surface area (Å²) >= 11 is 3.52. The maximum atomic E-state index is 5.54. The third-order valence-electron chi connectivity index (χ3n) is 3.05. The van der Waals surface area contributed by atoms with E-state index in [4.69, 9.17) is 9.47 Å². The number of methoxy groups -OCH3 is 2. The zero-order chi connectivity index (χ0) is 12.8. The number of halogens is 1. The van der Waals surface area contributed by atoms with Gasteiger partial charge in [0.25, 0.3) is 0 Å². The fraction of sp³-hybridized carbons (Fsp3) is 0.571. The summed E-state index contributed by atoms with van der Waals surface area (Å²) in [5.74, 6) is 0. The van der Waals surface area contributed by atoms with E-state index in [0.29, 0.717) is 0 Å². The summed E-state index contributed by atoms with van der Waals surface area (Å²) < 4.78 is 12.2. The molecule has 1 aromatic rings. The van der Waals surface area contributed by atoms with Crippen LogP contribution in [0.15, 0.2) is 22.7 Å². The predicted octanol–water partition coefficient (Wildman–Crippen LogP) is 4.64. The predicted molar refractivity (Wildman–Crippen MR) is 74.2 cm³/mol. The van der Waals surface area contributed by atoms with Crippen molar-refractivity contribution in [1.29, 1.82) is 0 Å². The van der Waals surface area contributed by atoms with Crippen LogP contribution >= 0.6 is 15.9 Å². The highest BCUT2D eigenvalue weighted by Crippen LogP contribution is 2.33. The van der Waals surface area contributed by atoms with Crippen LogP contribution in [0, 0.1) is 0 Å². The van der Waals surface area contributed by atoms with Crippen molar-refractivity contribution >= 4 is 15.9 Å². The van der Waals surface area contributed by atoms with E-state index in [1.807, 2.05) is 0 Å². The molecular formula is C14H21BrO2. The Hall–Kier alpha value is -0.380. The van der Waals surface area contributed by atoms with Crippen LogP contribution in [0.1, 0.15) is 50.0 Å². The molecule has 0 fully saturated rings. The van der Waals surface area contributed by atoms with Crippen molar-refractivity contribution < 1.29 is 9.47 Å². The van der Waals surface area contributed by atoms with Gasteiger partial charge in [0.05, 0.1) is 12.2 Å². The van der Waals surface area contributed by atoms with Crippen LogP contribution in [0.4, 0.5) is 0 Å². The lowest BCUT2D eigenvalue weighted by Crippen LogP contribution is -2.09. The first-order valence-corrected chi connectivity index (χ1v) is 6.82. The molecule has 0 spiro atoms. The van der Waals surface area contributed by atoms with Crippen molar-refractivity contribution in [1.82, 2.24) is 0 Å². The summed E-state index contributed by atoms with van der Waals surface area (Å²) in [6, 6.07) is 6.32. The highest BCUT2D eigenvalue weighted by atomic mass is 79.9. The summed E-state index contributed by atoms with van der Waals surface area (Å²) in [5.41, 5.74) is 2.45. The Bertz CT molecular complexity index is 344. The van der Waals surface area contributed by atoms with Crippen LogP contribution in [-0.2, 0) is 9.47 Å². The molecule has 1 rings (SSSR count). The minimum atomic E-state index is 0.131. The first kappa shape index (κ1) is 14.7. The van der Waals surface area contributed by atoms with Gasteiger partial charge in [0.15, 0.2) is 0 Å². The Labute approximate surface area is 112 Å². The van der Waals surface area contributed by atoms with Gasteiger partial charge >= 0.3 is 0 Å². The number of ether oxygens (including phenoxy) is 2. The van der Waals surface area contributed by atoms with Gasteiger partial charge in [0, 0.05) is 18.7 Å². The fourth-order valence-electron chi connectivity index (χ4n) is 2.14. The van der Waals surface area contributed by atoms with E-state index in [9.17, 15) is 0 Å². The molecule has 96 valence electrons. The van der Waals surface area contributed by atoms with Gasteiger partial charge in [0.1, 0.15) is 0 Å². The van der Waals surface area contributed by atoms with Gasteiger partial charge in [-0.25, -0.2) is 0 Å². The van der Waals surface area contributed by atoms with Crippen molar-refractivity contribution in [3.63, 3.8) is 0 Å². The second-order valence-corrected chi connectivity index (χ2v) is 4.95. The number of benzene rings is 1. The monoisotopic (exact) mass is 300 g/mol. The van der Waals surface area contributed by atoms with E-state index in [1.165, 1.54) is 11.1 Å². The molecule has 0 aliphatic heterocycles. The number of rotatable bonds is 6. The minimum absolute atomic E-state index is 0.131. The second kappa shape index (κ2) is 7.14. The second-order valence-electron chi connectivity index (χ2n) is 4.04. The lowest BCUT2D eigenvalue weighted by Gasteiger charge is -2.22. The molecule has 0 saturated heterocycles. The van der Waals surface area contributed by atoms with Gasteiger partial charge < -0.3 is 9.47 Å². The van der Waals surface area contributed by atoms with Gasteiger partial charge in [-0.15, -0.1) is 0 Å². The van der Waals surface area contributed by atoms with Crippen molar-refractivity contribution in [2.24, 2.45) is 0 Å². The molecule has 2 unspecified atom stereocenters. The molecule has 1 aromatic carbocycles. The maximum Gasteiger partial charge on any atom is 0.0822 e. The minimum Gasteiger partial charge on any atom is -0.377 e. The first-order valence-electron chi connectivity index (χ1n) is 6.02. The highest BCUT2D eigenvalue weighted by molar-refractivity contribution is 9.10. The van der Waals surface area contributed by atoms with Crippen LogP contribution in [0.25, 0.3) is 0 Å². The topological polar surface area (TPSA) is 18.5 Å². The highest BCUT2D eigenvalue weighted by Gasteiger charge is 2.18. The average molecular weight is 301 g/mol. The quantitative estimate of drug-likeness (QED) is 0.762. The van der Waals surface area contributed by atoms with E-state index < -0.39 is 0 Å². The van der Waals surface area contributed by atoms with Crippen molar-refractivity contribution in [2.75, 3.05) is 14.2 Å². The molecule has 0 heterocycles. The van der Waals surface area contributed by atoms with Crippen molar-refractivity contribution in [2.45, 2.75) is 38.9 Å².